The van der Waals surface area contributed by atoms with Crippen LogP contribution >= 0.6 is 0 Å². The van der Waals surface area contributed by atoms with Crippen LogP contribution in [0.3, 0.4) is 0 Å². The highest BCUT2D eigenvalue weighted by Crippen LogP contribution is 2.27. The summed E-state index contributed by atoms with van der Waals surface area (Å²) in [5, 5.41) is 0. The molecule has 0 saturated heterocycles. The fourth-order valence-electron chi connectivity index (χ4n) is 1.36. The van der Waals surface area contributed by atoms with Gasteiger partial charge < -0.3 is 10.5 Å². The lowest BCUT2D eigenvalue weighted by molar-refractivity contribution is 0.0971. The molecule has 1 aromatic carbocycles. The lowest BCUT2D eigenvalue weighted by atomic mass is 10.0. The molecule has 0 amide bonds. The maximum atomic E-state index is 12.6. The zero-order chi connectivity index (χ0) is 12.1. The Hall–Kier alpha value is -1.49. The van der Waals surface area contributed by atoms with E-state index in [4.69, 9.17) is 10.5 Å². The van der Waals surface area contributed by atoms with Gasteiger partial charge >= 0.3 is 0 Å². The molecule has 1 rings (SSSR count). The molecule has 0 aliphatic rings. The fourth-order valence-corrected chi connectivity index (χ4v) is 1.36. The first-order valence-corrected chi connectivity index (χ1v) is 4.79. The van der Waals surface area contributed by atoms with Crippen molar-refractivity contribution in [2.75, 3.05) is 13.7 Å². The van der Waals surface area contributed by atoms with Crippen LogP contribution in [0.1, 0.15) is 28.8 Å². The first-order chi connectivity index (χ1) is 7.60. The number of ether oxygens (including phenoxy) is 1. The molecule has 0 spiro atoms. The maximum Gasteiger partial charge on any atom is 0.264 e. The van der Waals surface area contributed by atoms with Crippen LogP contribution in [0.4, 0.5) is 8.78 Å². The molecule has 0 heterocycles. The summed E-state index contributed by atoms with van der Waals surface area (Å²) in [5.74, 6) is -0.0125. The number of alkyl halides is 2. The largest absolute Gasteiger partial charge is 0.497 e. The highest BCUT2D eigenvalue weighted by Gasteiger charge is 2.18. The van der Waals surface area contributed by atoms with Crippen molar-refractivity contribution < 1.29 is 18.3 Å². The summed E-state index contributed by atoms with van der Waals surface area (Å²) in [6.45, 7) is 0.138. The number of hydrogen-bond donors (Lipinski definition) is 1. The first kappa shape index (κ1) is 12.6. The van der Waals surface area contributed by atoms with Crippen LogP contribution in [-0.4, -0.2) is 19.4 Å². The van der Waals surface area contributed by atoms with E-state index in [-0.39, 0.29) is 24.1 Å². The molecule has 0 fully saturated rings. The number of rotatable bonds is 5. The molecule has 0 unspecified atom stereocenters. The third-order valence-corrected chi connectivity index (χ3v) is 2.17. The summed E-state index contributed by atoms with van der Waals surface area (Å²) in [6, 6.07) is 3.92. The van der Waals surface area contributed by atoms with E-state index < -0.39 is 12.2 Å². The summed E-state index contributed by atoms with van der Waals surface area (Å²) < 4.78 is 30.2. The van der Waals surface area contributed by atoms with Gasteiger partial charge in [0.15, 0.2) is 5.78 Å². The maximum absolute atomic E-state index is 12.6. The Labute approximate surface area is 92.2 Å². The first-order valence-electron chi connectivity index (χ1n) is 4.79. The van der Waals surface area contributed by atoms with Crippen LogP contribution in [0, 0.1) is 0 Å². The van der Waals surface area contributed by atoms with E-state index in [0.717, 1.165) is 0 Å². The van der Waals surface area contributed by atoms with Crippen molar-refractivity contribution in [2.45, 2.75) is 12.8 Å². The van der Waals surface area contributed by atoms with Crippen molar-refractivity contribution in [2.24, 2.45) is 5.73 Å². The minimum absolute atomic E-state index is 0.0141. The highest BCUT2D eigenvalue weighted by atomic mass is 19.3. The molecular weight excluding hydrogens is 216 g/mol. The molecule has 0 aliphatic heterocycles. The zero-order valence-electron chi connectivity index (χ0n) is 8.87. The Bertz CT molecular complexity index is 380. The van der Waals surface area contributed by atoms with Crippen molar-refractivity contribution in [3.05, 3.63) is 29.3 Å². The predicted octanol–water partition coefficient (Wildman–Crippen LogP) is 2.16. The number of ketones is 1. The topological polar surface area (TPSA) is 52.3 Å². The van der Waals surface area contributed by atoms with Gasteiger partial charge in [0.2, 0.25) is 0 Å². The minimum Gasteiger partial charge on any atom is -0.497 e. The SMILES string of the molecule is COc1ccc(C(F)F)c(C(=O)CCN)c1. The Kier molecular flexibility index (Phi) is 4.37. The van der Waals surface area contributed by atoms with Gasteiger partial charge in [-0.3, -0.25) is 4.79 Å². The standard InChI is InChI=1S/C11H13F2NO2/c1-16-7-2-3-8(11(12)13)9(6-7)10(15)4-5-14/h2-3,6,11H,4-5,14H2,1H3. The molecular formula is C11H13F2NO2. The molecule has 0 atom stereocenters. The number of nitrogens with two attached hydrogens (primary N) is 1. The Morgan fingerprint density at radius 3 is 2.69 bits per heavy atom. The van der Waals surface area contributed by atoms with E-state index >= 15 is 0 Å². The van der Waals surface area contributed by atoms with Gasteiger partial charge in [0.25, 0.3) is 6.43 Å². The van der Waals surface area contributed by atoms with Crippen LogP contribution in [0.5, 0.6) is 5.75 Å². The molecule has 1 aromatic rings. The van der Waals surface area contributed by atoms with Gasteiger partial charge in [-0.1, -0.05) is 0 Å². The predicted molar refractivity (Wildman–Crippen MR) is 56.0 cm³/mol. The van der Waals surface area contributed by atoms with Crippen LogP contribution in [-0.2, 0) is 0 Å². The van der Waals surface area contributed by atoms with Crippen LogP contribution in [0.2, 0.25) is 0 Å². The zero-order valence-corrected chi connectivity index (χ0v) is 8.87. The van der Waals surface area contributed by atoms with Crippen molar-refractivity contribution >= 4 is 5.78 Å². The van der Waals surface area contributed by atoms with Gasteiger partial charge in [0, 0.05) is 17.5 Å². The molecule has 3 nitrogen and oxygen atoms in total. The van der Waals surface area contributed by atoms with E-state index in [1.165, 1.54) is 25.3 Å². The van der Waals surface area contributed by atoms with Crippen molar-refractivity contribution in [3.63, 3.8) is 0 Å². The second-order valence-corrected chi connectivity index (χ2v) is 3.22. The molecule has 0 aliphatic carbocycles. The Balaban J connectivity index is 3.14. The molecule has 0 aromatic heterocycles. The fraction of sp³-hybridized carbons (Fsp3) is 0.364. The second-order valence-electron chi connectivity index (χ2n) is 3.22. The monoisotopic (exact) mass is 229 g/mol. The van der Waals surface area contributed by atoms with E-state index in [9.17, 15) is 13.6 Å². The molecule has 5 heteroatoms. The summed E-state index contributed by atoms with van der Waals surface area (Å²) >= 11 is 0. The van der Waals surface area contributed by atoms with Gasteiger partial charge in [-0.2, -0.15) is 0 Å². The van der Waals surface area contributed by atoms with Gasteiger partial charge in [-0.15, -0.1) is 0 Å². The highest BCUT2D eigenvalue weighted by molar-refractivity contribution is 5.98. The molecule has 16 heavy (non-hydrogen) atoms. The van der Waals surface area contributed by atoms with E-state index in [1.807, 2.05) is 0 Å². The molecule has 0 bridgehead atoms. The summed E-state index contributed by atoms with van der Waals surface area (Å²) in [7, 11) is 1.41. The van der Waals surface area contributed by atoms with Crippen molar-refractivity contribution in [1.29, 1.82) is 0 Å². The summed E-state index contributed by atoms with van der Waals surface area (Å²) in [4.78, 5) is 11.6. The quantitative estimate of drug-likeness (QED) is 0.787. The Morgan fingerprint density at radius 1 is 1.50 bits per heavy atom. The lowest BCUT2D eigenvalue weighted by Crippen LogP contribution is -2.10. The number of benzene rings is 1. The van der Waals surface area contributed by atoms with Gasteiger partial charge in [-0.25, -0.2) is 8.78 Å². The number of methoxy groups -OCH3 is 1. The lowest BCUT2D eigenvalue weighted by Gasteiger charge is -2.09. The normalized spacial score (nSPS) is 10.6. The average molecular weight is 229 g/mol. The van der Waals surface area contributed by atoms with Gasteiger partial charge in [-0.05, 0) is 24.7 Å². The third kappa shape index (κ3) is 2.76. The number of hydrogen-bond acceptors (Lipinski definition) is 3. The van der Waals surface area contributed by atoms with Crippen LogP contribution < -0.4 is 10.5 Å². The van der Waals surface area contributed by atoms with Gasteiger partial charge in [0.05, 0.1) is 7.11 Å². The summed E-state index contributed by atoms with van der Waals surface area (Å²) in [5.41, 5.74) is 4.93. The van der Waals surface area contributed by atoms with Gasteiger partial charge in [0.1, 0.15) is 5.75 Å². The van der Waals surface area contributed by atoms with E-state index in [1.54, 1.807) is 0 Å². The third-order valence-electron chi connectivity index (χ3n) is 2.17. The smallest absolute Gasteiger partial charge is 0.264 e. The van der Waals surface area contributed by atoms with Crippen LogP contribution in [0.15, 0.2) is 18.2 Å². The van der Waals surface area contributed by atoms with E-state index in [0.29, 0.717) is 5.75 Å². The molecule has 88 valence electrons. The molecule has 0 radical (unpaired) electrons. The average Bonchev–Trinajstić information content (AvgIpc) is 2.28. The number of Topliss-reactive ketones (excluding diaryl/α,β-unsaturated/α-hetero) is 1. The minimum atomic E-state index is -2.68. The van der Waals surface area contributed by atoms with E-state index in [2.05, 4.69) is 0 Å². The van der Waals surface area contributed by atoms with Crippen molar-refractivity contribution in [1.82, 2.24) is 0 Å². The molecule has 0 saturated carbocycles. The number of halogens is 2. The number of carbonyl (C=O) groups is 1. The Morgan fingerprint density at radius 2 is 2.19 bits per heavy atom. The van der Waals surface area contributed by atoms with Crippen molar-refractivity contribution in [3.8, 4) is 5.75 Å². The van der Waals surface area contributed by atoms with Crippen LogP contribution in [0.25, 0.3) is 0 Å². The molecule has 2 N–H and O–H groups in total. The number of carbonyl (C=O) groups excluding carboxylic acids is 1. The summed E-state index contributed by atoms with van der Waals surface area (Å²) in [6.07, 6.45) is -2.63. The second kappa shape index (κ2) is 5.55.